The van der Waals surface area contributed by atoms with Gasteiger partial charge in [0.05, 0.1) is 25.1 Å². The molecule has 3 heterocycles. The van der Waals surface area contributed by atoms with Crippen LogP contribution in [-0.4, -0.2) is 58.6 Å². The van der Waals surface area contributed by atoms with Gasteiger partial charge in [0.1, 0.15) is 23.7 Å². The third-order valence-corrected chi connectivity index (χ3v) is 4.11. The number of morpholine rings is 1. The topological polar surface area (TPSA) is 130 Å². The smallest absolute Gasteiger partial charge is 0.257 e. The Labute approximate surface area is 156 Å². The number of ether oxygens (including phenoxy) is 2. The standard InChI is InChI=1S/C17H20N8O2/c18-6-11-7-22-16(10-20-11)23-15-5-14(17(25-24-15)27-12-1-2-12)21-9-13-8-19-3-4-26-13/h5,7,10,12-13,19H,1-4,8-9H2,(H2,21,22,23,24). The summed E-state index contributed by atoms with van der Waals surface area (Å²) < 4.78 is 11.6. The Kier molecular flexibility index (Phi) is 5.22. The lowest BCUT2D eigenvalue weighted by atomic mass is 10.3. The zero-order valence-corrected chi connectivity index (χ0v) is 14.7. The predicted molar refractivity (Wildman–Crippen MR) is 96.8 cm³/mol. The van der Waals surface area contributed by atoms with Crippen LogP contribution in [0.15, 0.2) is 18.5 Å². The van der Waals surface area contributed by atoms with Gasteiger partial charge < -0.3 is 25.4 Å². The molecule has 1 aliphatic carbocycles. The summed E-state index contributed by atoms with van der Waals surface area (Å²) in [6.45, 7) is 3.02. The van der Waals surface area contributed by atoms with Gasteiger partial charge in [0.2, 0.25) is 0 Å². The van der Waals surface area contributed by atoms with Gasteiger partial charge in [-0.05, 0) is 12.8 Å². The van der Waals surface area contributed by atoms with Crippen molar-refractivity contribution in [2.75, 3.05) is 36.9 Å². The van der Waals surface area contributed by atoms with Crippen molar-refractivity contribution in [3.05, 3.63) is 24.2 Å². The minimum Gasteiger partial charge on any atom is -0.472 e. The van der Waals surface area contributed by atoms with Crippen LogP contribution in [0, 0.1) is 11.3 Å². The molecular formula is C17H20N8O2. The molecule has 2 aromatic rings. The molecule has 2 aliphatic rings. The van der Waals surface area contributed by atoms with E-state index in [0.29, 0.717) is 30.7 Å². The molecule has 3 N–H and O–H groups in total. The molecule has 0 spiro atoms. The lowest BCUT2D eigenvalue weighted by Crippen LogP contribution is -2.42. The van der Waals surface area contributed by atoms with Gasteiger partial charge >= 0.3 is 0 Å². The molecule has 0 bridgehead atoms. The van der Waals surface area contributed by atoms with Crippen molar-refractivity contribution < 1.29 is 9.47 Å². The number of hydrogen-bond acceptors (Lipinski definition) is 10. The summed E-state index contributed by atoms with van der Waals surface area (Å²) in [6.07, 6.45) is 5.25. The van der Waals surface area contributed by atoms with Crippen molar-refractivity contribution >= 4 is 17.3 Å². The first kappa shape index (κ1) is 17.4. The van der Waals surface area contributed by atoms with Crippen LogP contribution in [0.1, 0.15) is 18.5 Å². The number of rotatable bonds is 7. The largest absolute Gasteiger partial charge is 0.472 e. The summed E-state index contributed by atoms with van der Waals surface area (Å²) in [6, 6.07) is 3.75. The maximum atomic E-state index is 8.80. The highest BCUT2D eigenvalue weighted by Crippen LogP contribution is 2.31. The SMILES string of the molecule is N#Cc1cnc(Nc2cc(NCC3CNCCO3)c(OC3CC3)nn2)cn1. The Hall–Kier alpha value is -3.03. The number of aromatic nitrogens is 4. The first-order valence-electron chi connectivity index (χ1n) is 8.90. The Morgan fingerprint density at radius 3 is 2.89 bits per heavy atom. The van der Waals surface area contributed by atoms with Gasteiger partial charge in [-0.3, -0.25) is 0 Å². The lowest BCUT2D eigenvalue weighted by molar-refractivity contribution is 0.0372. The van der Waals surface area contributed by atoms with Gasteiger partial charge in [-0.1, -0.05) is 0 Å². The zero-order valence-electron chi connectivity index (χ0n) is 14.7. The molecule has 4 rings (SSSR count). The Bertz CT molecular complexity index is 813. The molecule has 0 aromatic carbocycles. The van der Waals surface area contributed by atoms with Crippen molar-refractivity contribution in [3.8, 4) is 11.9 Å². The van der Waals surface area contributed by atoms with E-state index in [-0.39, 0.29) is 17.9 Å². The molecule has 2 fully saturated rings. The van der Waals surface area contributed by atoms with E-state index in [1.54, 1.807) is 0 Å². The minimum absolute atomic E-state index is 0.0847. The van der Waals surface area contributed by atoms with Crippen molar-refractivity contribution in [3.63, 3.8) is 0 Å². The van der Waals surface area contributed by atoms with E-state index in [9.17, 15) is 0 Å². The van der Waals surface area contributed by atoms with E-state index < -0.39 is 0 Å². The third-order valence-electron chi connectivity index (χ3n) is 4.11. The molecule has 1 unspecified atom stereocenters. The average molecular weight is 368 g/mol. The predicted octanol–water partition coefficient (Wildman–Crippen LogP) is 0.823. The first-order valence-corrected chi connectivity index (χ1v) is 8.90. The lowest BCUT2D eigenvalue weighted by Gasteiger charge is -2.24. The summed E-state index contributed by atoms with van der Waals surface area (Å²) >= 11 is 0. The summed E-state index contributed by atoms with van der Waals surface area (Å²) in [5, 5.41) is 26.8. The zero-order chi connectivity index (χ0) is 18.5. The van der Waals surface area contributed by atoms with E-state index in [2.05, 4.69) is 36.1 Å². The van der Waals surface area contributed by atoms with Gasteiger partial charge in [-0.15, -0.1) is 10.2 Å². The van der Waals surface area contributed by atoms with E-state index in [1.165, 1.54) is 12.4 Å². The molecule has 2 aromatic heterocycles. The van der Waals surface area contributed by atoms with Gasteiger partial charge in [0.15, 0.2) is 11.5 Å². The van der Waals surface area contributed by atoms with Gasteiger partial charge in [0.25, 0.3) is 5.88 Å². The quantitative estimate of drug-likeness (QED) is 0.646. The number of nitrogens with zero attached hydrogens (tertiary/aromatic N) is 5. The Morgan fingerprint density at radius 2 is 2.19 bits per heavy atom. The highest BCUT2D eigenvalue weighted by Gasteiger charge is 2.26. The van der Waals surface area contributed by atoms with Gasteiger partial charge in [-0.2, -0.15) is 5.26 Å². The number of nitriles is 1. The van der Waals surface area contributed by atoms with Crippen molar-refractivity contribution in [2.45, 2.75) is 25.0 Å². The third kappa shape index (κ3) is 4.78. The van der Waals surface area contributed by atoms with E-state index in [0.717, 1.165) is 31.6 Å². The molecule has 1 saturated heterocycles. The number of hydrogen-bond donors (Lipinski definition) is 3. The van der Waals surface area contributed by atoms with Crippen LogP contribution in [-0.2, 0) is 4.74 Å². The van der Waals surface area contributed by atoms with Crippen LogP contribution in [0.2, 0.25) is 0 Å². The second-order valence-electron chi connectivity index (χ2n) is 6.37. The summed E-state index contributed by atoms with van der Waals surface area (Å²) in [4.78, 5) is 8.11. The van der Waals surface area contributed by atoms with Crippen LogP contribution in [0.5, 0.6) is 5.88 Å². The highest BCUT2D eigenvalue weighted by molar-refractivity contribution is 5.61. The van der Waals surface area contributed by atoms with E-state index in [1.807, 2.05) is 12.1 Å². The van der Waals surface area contributed by atoms with Crippen LogP contribution < -0.4 is 20.7 Å². The molecule has 1 saturated carbocycles. The fraction of sp³-hybridized carbons (Fsp3) is 0.471. The summed E-state index contributed by atoms with van der Waals surface area (Å²) in [5.41, 5.74) is 0.999. The van der Waals surface area contributed by atoms with Crippen molar-refractivity contribution in [2.24, 2.45) is 0 Å². The molecule has 10 nitrogen and oxygen atoms in total. The average Bonchev–Trinajstić information content (AvgIpc) is 3.53. The molecule has 140 valence electrons. The molecule has 10 heteroatoms. The molecule has 1 aliphatic heterocycles. The van der Waals surface area contributed by atoms with Crippen LogP contribution in [0.25, 0.3) is 0 Å². The Morgan fingerprint density at radius 1 is 1.26 bits per heavy atom. The second-order valence-corrected chi connectivity index (χ2v) is 6.37. The van der Waals surface area contributed by atoms with E-state index >= 15 is 0 Å². The van der Waals surface area contributed by atoms with Crippen molar-refractivity contribution in [1.29, 1.82) is 5.26 Å². The van der Waals surface area contributed by atoms with Gasteiger partial charge in [-0.25, -0.2) is 9.97 Å². The first-order chi connectivity index (χ1) is 13.3. The fourth-order valence-electron chi connectivity index (χ4n) is 2.56. The molecule has 0 radical (unpaired) electrons. The maximum absolute atomic E-state index is 8.80. The van der Waals surface area contributed by atoms with Crippen LogP contribution in [0.3, 0.4) is 0 Å². The summed E-state index contributed by atoms with van der Waals surface area (Å²) in [5.74, 6) is 1.46. The number of nitrogens with one attached hydrogen (secondary N) is 3. The van der Waals surface area contributed by atoms with Crippen LogP contribution in [0.4, 0.5) is 17.3 Å². The fourth-order valence-corrected chi connectivity index (χ4v) is 2.56. The van der Waals surface area contributed by atoms with Crippen LogP contribution >= 0.6 is 0 Å². The number of anilines is 3. The Balaban J connectivity index is 1.47. The normalized spacial score (nSPS) is 19.1. The van der Waals surface area contributed by atoms with Crippen molar-refractivity contribution in [1.82, 2.24) is 25.5 Å². The second kappa shape index (κ2) is 8.11. The molecular weight excluding hydrogens is 348 g/mol. The van der Waals surface area contributed by atoms with Gasteiger partial charge in [0, 0.05) is 25.7 Å². The highest BCUT2D eigenvalue weighted by atomic mass is 16.5. The minimum atomic E-state index is 0.0847. The molecule has 0 amide bonds. The maximum Gasteiger partial charge on any atom is 0.257 e. The molecule has 1 atom stereocenters. The molecule has 27 heavy (non-hydrogen) atoms. The monoisotopic (exact) mass is 368 g/mol. The van der Waals surface area contributed by atoms with E-state index in [4.69, 9.17) is 14.7 Å². The summed E-state index contributed by atoms with van der Waals surface area (Å²) in [7, 11) is 0.